The van der Waals surface area contributed by atoms with Crippen molar-refractivity contribution in [2.75, 3.05) is 4.90 Å². The molecule has 0 bridgehead atoms. The maximum Gasteiger partial charge on any atom is 0.232 e. The minimum Gasteiger partial charge on any atom is -0.306 e. The molecule has 1 aliphatic heterocycles. The molecule has 1 aromatic heterocycles. The predicted molar refractivity (Wildman–Crippen MR) is 104 cm³/mol. The number of nitriles is 1. The molecule has 2 atom stereocenters. The van der Waals surface area contributed by atoms with Gasteiger partial charge < -0.3 is 4.90 Å². The van der Waals surface area contributed by atoms with Gasteiger partial charge in [0.15, 0.2) is 0 Å². The van der Waals surface area contributed by atoms with Crippen LogP contribution in [0.5, 0.6) is 0 Å². The van der Waals surface area contributed by atoms with Gasteiger partial charge in [0.25, 0.3) is 0 Å². The molecular formula is C19H20IN3O. The highest BCUT2D eigenvalue weighted by Gasteiger charge is 2.49. The number of carbonyl (C=O) groups is 1. The largest absolute Gasteiger partial charge is 0.306 e. The van der Waals surface area contributed by atoms with E-state index in [0.717, 1.165) is 26.6 Å². The molecule has 1 saturated heterocycles. The third-order valence-electron chi connectivity index (χ3n) is 4.77. The van der Waals surface area contributed by atoms with Crippen molar-refractivity contribution in [3.05, 3.63) is 34.0 Å². The Morgan fingerprint density at radius 2 is 2.12 bits per heavy atom. The van der Waals surface area contributed by atoms with Crippen LogP contribution >= 0.6 is 22.6 Å². The SMILES string of the molecule is CCC1C(=O)N(c2ccc(I)c3cccnc23)C1CC(C)(C)C#N. The van der Waals surface area contributed by atoms with Crippen LogP contribution in [0.2, 0.25) is 0 Å². The minimum absolute atomic E-state index is 0.00401. The van der Waals surface area contributed by atoms with E-state index in [2.05, 4.69) is 33.6 Å². The fourth-order valence-electron chi connectivity index (χ4n) is 3.47. The van der Waals surface area contributed by atoms with Crippen LogP contribution in [0.1, 0.15) is 33.6 Å². The van der Waals surface area contributed by atoms with Crippen molar-refractivity contribution < 1.29 is 4.79 Å². The molecule has 124 valence electrons. The first-order valence-corrected chi connectivity index (χ1v) is 9.25. The lowest BCUT2D eigenvalue weighted by Gasteiger charge is -2.49. The third kappa shape index (κ3) is 2.77. The van der Waals surface area contributed by atoms with Gasteiger partial charge >= 0.3 is 0 Å². The molecule has 0 saturated carbocycles. The molecule has 1 amide bonds. The van der Waals surface area contributed by atoms with Gasteiger partial charge in [-0.25, -0.2) is 0 Å². The number of hydrogen-bond acceptors (Lipinski definition) is 3. The van der Waals surface area contributed by atoms with E-state index in [1.165, 1.54) is 0 Å². The van der Waals surface area contributed by atoms with Gasteiger partial charge in [0.05, 0.1) is 34.6 Å². The van der Waals surface area contributed by atoms with Crippen LogP contribution in [-0.2, 0) is 4.79 Å². The molecular weight excluding hydrogens is 413 g/mol. The number of rotatable bonds is 4. The number of halogens is 1. The summed E-state index contributed by atoms with van der Waals surface area (Å²) in [5, 5.41) is 10.4. The highest BCUT2D eigenvalue weighted by molar-refractivity contribution is 14.1. The average molecular weight is 433 g/mol. The molecule has 2 aromatic rings. The van der Waals surface area contributed by atoms with E-state index in [1.54, 1.807) is 6.20 Å². The minimum atomic E-state index is -0.455. The molecule has 0 N–H and O–H groups in total. The molecule has 0 aliphatic carbocycles. The highest BCUT2D eigenvalue weighted by Crippen LogP contribution is 2.42. The fourth-order valence-corrected chi connectivity index (χ4v) is 4.08. The van der Waals surface area contributed by atoms with Gasteiger partial charge in [-0.3, -0.25) is 9.78 Å². The van der Waals surface area contributed by atoms with Crippen LogP contribution in [-0.4, -0.2) is 16.9 Å². The van der Waals surface area contributed by atoms with E-state index >= 15 is 0 Å². The molecule has 1 fully saturated rings. The topological polar surface area (TPSA) is 57.0 Å². The molecule has 5 heteroatoms. The summed E-state index contributed by atoms with van der Waals surface area (Å²) < 4.78 is 1.12. The Morgan fingerprint density at radius 3 is 2.79 bits per heavy atom. The van der Waals surface area contributed by atoms with Crippen molar-refractivity contribution in [3.63, 3.8) is 0 Å². The lowest BCUT2D eigenvalue weighted by Crippen LogP contribution is -2.62. The van der Waals surface area contributed by atoms with Crippen molar-refractivity contribution in [1.29, 1.82) is 5.26 Å². The Hall–Kier alpha value is -1.68. The first-order chi connectivity index (χ1) is 11.4. The zero-order chi connectivity index (χ0) is 17.5. The molecule has 0 spiro atoms. The van der Waals surface area contributed by atoms with Gasteiger partial charge in [-0.2, -0.15) is 5.26 Å². The standard InChI is InChI=1S/C19H20IN3O/c1-4-12-16(10-19(2,3)11-21)23(18(12)24)15-8-7-14(20)13-6-5-9-22-17(13)15/h5-9,12,16H,4,10H2,1-3H3. The molecule has 24 heavy (non-hydrogen) atoms. The number of hydrogen-bond donors (Lipinski definition) is 0. The van der Waals surface area contributed by atoms with Crippen molar-refractivity contribution in [1.82, 2.24) is 4.98 Å². The third-order valence-corrected chi connectivity index (χ3v) is 5.71. The average Bonchev–Trinajstić information content (AvgIpc) is 2.57. The summed E-state index contributed by atoms with van der Waals surface area (Å²) in [6, 6.07) is 10.4. The Kier molecular flexibility index (Phi) is 4.52. The van der Waals surface area contributed by atoms with Crippen LogP contribution in [0.15, 0.2) is 30.5 Å². The van der Waals surface area contributed by atoms with Gasteiger partial charge in [0.1, 0.15) is 0 Å². The Morgan fingerprint density at radius 1 is 1.38 bits per heavy atom. The lowest BCUT2D eigenvalue weighted by atomic mass is 9.75. The van der Waals surface area contributed by atoms with E-state index in [4.69, 9.17) is 0 Å². The number of β-lactam (4-membered cyclic amide) rings is 1. The van der Waals surface area contributed by atoms with E-state index in [1.807, 2.05) is 49.9 Å². The summed E-state index contributed by atoms with van der Waals surface area (Å²) >= 11 is 2.29. The monoisotopic (exact) mass is 433 g/mol. The van der Waals surface area contributed by atoms with E-state index in [-0.39, 0.29) is 17.9 Å². The summed E-state index contributed by atoms with van der Waals surface area (Å²) in [4.78, 5) is 19.1. The predicted octanol–water partition coefficient (Wildman–Crippen LogP) is 4.52. The van der Waals surface area contributed by atoms with Crippen LogP contribution < -0.4 is 4.90 Å². The van der Waals surface area contributed by atoms with Crippen molar-refractivity contribution in [2.24, 2.45) is 11.3 Å². The van der Waals surface area contributed by atoms with Crippen molar-refractivity contribution in [2.45, 2.75) is 39.7 Å². The molecule has 0 radical (unpaired) electrons. The van der Waals surface area contributed by atoms with Gasteiger partial charge in [0.2, 0.25) is 5.91 Å². The maximum atomic E-state index is 12.7. The van der Waals surface area contributed by atoms with Gasteiger partial charge in [0, 0.05) is 15.2 Å². The summed E-state index contributed by atoms with van der Waals surface area (Å²) in [6.45, 7) is 5.91. The Balaban J connectivity index is 2.06. The molecule has 2 unspecified atom stereocenters. The molecule has 3 rings (SSSR count). The summed E-state index contributed by atoms with van der Waals surface area (Å²) in [7, 11) is 0. The number of anilines is 1. The normalized spacial score (nSPS) is 20.8. The number of nitrogens with zero attached hydrogens (tertiary/aromatic N) is 3. The summed E-state index contributed by atoms with van der Waals surface area (Å²) in [6.07, 6.45) is 3.24. The number of aromatic nitrogens is 1. The van der Waals surface area contributed by atoms with E-state index < -0.39 is 5.41 Å². The molecule has 1 aliphatic rings. The summed E-state index contributed by atoms with van der Waals surface area (Å²) in [5.41, 5.74) is 1.26. The van der Waals surface area contributed by atoms with E-state index in [0.29, 0.717) is 6.42 Å². The zero-order valence-electron chi connectivity index (χ0n) is 14.1. The van der Waals surface area contributed by atoms with Crippen LogP contribution in [0.4, 0.5) is 5.69 Å². The lowest BCUT2D eigenvalue weighted by molar-refractivity contribution is -0.130. The second-order valence-electron chi connectivity index (χ2n) is 6.96. The van der Waals surface area contributed by atoms with Crippen LogP contribution in [0.25, 0.3) is 10.9 Å². The number of benzene rings is 1. The second-order valence-corrected chi connectivity index (χ2v) is 8.12. The fraction of sp³-hybridized carbons (Fsp3) is 0.421. The van der Waals surface area contributed by atoms with Crippen LogP contribution in [0.3, 0.4) is 0 Å². The van der Waals surface area contributed by atoms with Crippen molar-refractivity contribution >= 4 is 45.1 Å². The van der Waals surface area contributed by atoms with E-state index in [9.17, 15) is 10.1 Å². The summed E-state index contributed by atoms with van der Waals surface area (Å²) in [5.74, 6) is 0.139. The smallest absolute Gasteiger partial charge is 0.232 e. The highest BCUT2D eigenvalue weighted by atomic mass is 127. The van der Waals surface area contributed by atoms with Crippen molar-refractivity contribution in [3.8, 4) is 6.07 Å². The number of fused-ring (bicyclic) bond motifs is 1. The second kappa shape index (κ2) is 6.32. The number of amides is 1. The molecule has 1 aromatic carbocycles. The number of carbonyl (C=O) groups excluding carboxylic acids is 1. The first kappa shape index (κ1) is 17.2. The van der Waals surface area contributed by atoms with Gasteiger partial charge in [-0.05, 0) is 67.5 Å². The molecule has 2 heterocycles. The number of pyridine rings is 1. The Bertz CT molecular complexity index is 840. The first-order valence-electron chi connectivity index (χ1n) is 8.17. The Labute approximate surface area is 156 Å². The van der Waals surface area contributed by atoms with Crippen LogP contribution in [0, 0.1) is 26.2 Å². The zero-order valence-corrected chi connectivity index (χ0v) is 16.2. The quantitative estimate of drug-likeness (QED) is 0.526. The van der Waals surface area contributed by atoms with Gasteiger partial charge in [-0.15, -0.1) is 0 Å². The maximum absolute atomic E-state index is 12.7. The van der Waals surface area contributed by atoms with Gasteiger partial charge in [-0.1, -0.05) is 13.0 Å². The molecule has 4 nitrogen and oxygen atoms in total.